The van der Waals surface area contributed by atoms with E-state index in [0.717, 1.165) is 0 Å². The van der Waals surface area contributed by atoms with Crippen LogP contribution in [0.4, 0.5) is 4.39 Å². The summed E-state index contributed by atoms with van der Waals surface area (Å²) >= 11 is 0. The average molecular weight is 296 g/mol. The Morgan fingerprint density at radius 2 is 1.90 bits per heavy atom. The quantitative estimate of drug-likeness (QED) is 0.852. The summed E-state index contributed by atoms with van der Waals surface area (Å²) in [5, 5.41) is 3.35. The number of hydrogen-bond donors (Lipinski definition) is 0. The number of sulfone groups is 1. The lowest BCUT2D eigenvalue weighted by Gasteiger charge is -2.16. The van der Waals surface area contributed by atoms with E-state index in [2.05, 4.69) is 5.10 Å². The van der Waals surface area contributed by atoms with E-state index in [9.17, 15) is 12.8 Å². The molecule has 1 aromatic carbocycles. The lowest BCUT2D eigenvalue weighted by Crippen LogP contribution is -2.16. The van der Waals surface area contributed by atoms with E-state index in [1.807, 2.05) is 6.92 Å². The molecule has 0 unspecified atom stereocenters. The number of nitrogens with zero attached hydrogens (tertiary/aromatic N) is 2. The Labute approximate surface area is 118 Å². The Morgan fingerprint density at radius 1 is 1.25 bits per heavy atom. The summed E-state index contributed by atoms with van der Waals surface area (Å²) in [6.45, 7) is 1.81. The van der Waals surface area contributed by atoms with Crippen molar-refractivity contribution in [1.29, 1.82) is 0 Å². The molecular weight excluding hydrogens is 279 g/mol. The fraction of sp³-hybridized carbons (Fsp3) is 0.357. The highest BCUT2D eigenvalue weighted by atomic mass is 32.2. The molecule has 2 rings (SSSR count). The van der Waals surface area contributed by atoms with E-state index < -0.39 is 15.1 Å². The van der Waals surface area contributed by atoms with Gasteiger partial charge in [-0.3, -0.25) is 4.68 Å². The van der Waals surface area contributed by atoms with Crippen LogP contribution in [0.3, 0.4) is 0 Å². The van der Waals surface area contributed by atoms with Gasteiger partial charge < -0.3 is 0 Å². The summed E-state index contributed by atoms with van der Waals surface area (Å²) in [5.41, 5.74) is 1.27. The maximum atomic E-state index is 12.9. The molecule has 0 fully saturated rings. The molecule has 0 aliphatic rings. The Bertz CT molecular complexity index is 677. The van der Waals surface area contributed by atoms with E-state index in [1.165, 1.54) is 24.3 Å². The van der Waals surface area contributed by atoms with E-state index in [-0.39, 0.29) is 11.6 Å². The first kappa shape index (κ1) is 14.7. The smallest absolute Gasteiger partial charge is 0.162 e. The van der Waals surface area contributed by atoms with Gasteiger partial charge in [0, 0.05) is 13.2 Å². The zero-order valence-corrected chi connectivity index (χ0v) is 12.3. The van der Waals surface area contributed by atoms with E-state index in [4.69, 9.17) is 0 Å². The fourth-order valence-corrected chi connectivity index (χ4v) is 4.20. The minimum atomic E-state index is -3.37. The molecule has 6 heteroatoms. The highest BCUT2D eigenvalue weighted by Gasteiger charge is 2.26. The molecule has 4 nitrogen and oxygen atoms in total. The van der Waals surface area contributed by atoms with Crippen molar-refractivity contribution < 1.29 is 12.8 Å². The SMILES string of the molecule is CC[C@H](c1ccc(F)cc1)S(=O)(=O)Cc1ccnn1C. The van der Waals surface area contributed by atoms with Crippen LogP contribution < -0.4 is 0 Å². The number of aryl methyl sites for hydroxylation is 1. The molecule has 1 heterocycles. The van der Waals surface area contributed by atoms with Gasteiger partial charge in [0.25, 0.3) is 0 Å². The van der Waals surface area contributed by atoms with Gasteiger partial charge in [-0.05, 0) is 30.2 Å². The molecule has 1 aromatic heterocycles. The van der Waals surface area contributed by atoms with E-state index in [0.29, 0.717) is 17.7 Å². The maximum Gasteiger partial charge on any atom is 0.162 e. The molecule has 0 radical (unpaired) electrons. The molecule has 0 bridgehead atoms. The summed E-state index contributed by atoms with van der Waals surface area (Å²) in [5.74, 6) is -0.438. The normalized spacial score (nSPS) is 13.3. The molecule has 0 saturated heterocycles. The molecule has 0 aliphatic carbocycles. The monoisotopic (exact) mass is 296 g/mol. The Balaban J connectivity index is 2.30. The zero-order valence-electron chi connectivity index (χ0n) is 11.5. The second-order valence-corrected chi connectivity index (χ2v) is 6.89. The van der Waals surface area contributed by atoms with Gasteiger partial charge in [0.15, 0.2) is 9.84 Å². The molecule has 0 saturated carbocycles. The minimum Gasteiger partial charge on any atom is -0.272 e. The summed E-state index contributed by atoms with van der Waals surface area (Å²) in [7, 11) is -1.66. The fourth-order valence-electron chi connectivity index (χ4n) is 2.22. The molecule has 1 atom stereocenters. The first-order valence-electron chi connectivity index (χ1n) is 6.38. The van der Waals surface area contributed by atoms with Gasteiger partial charge in [-0.15, -0.1) is 0 Å². The molecule has 0 spiro atoms. The van der Waals surface area contributed by atoms with Gasteiger partial charge in [-0.2, -0.15) is 5.10 Å². The molecular formula is C14H17FN2O2S. The average Bonchev–Trinajstić information content (AvgIpc) is 2.77. The maximum absolute atomic E-state index is 12.9. The van der Waals surface area contributed by atoms with E-state index >= 15 is 0 Å². The van der Waals surface area contributed by atoms with Crippen LogP contribution in [0, 0.1) is 5.82 Å². The third-order valence-corrected chi connectivity index (χ3v) is 5.49. The zero-order chi connectivity index (χ0) is 14.8. The summed E-state index contributed by atoms with van der Waals surface area (Å²) in [6, 6.07) is 7.33. The van der Waals surface area contributed by atoms with Crippen LogP contribution >= 0.6 is 0 Å². The summed E-state index contributed by atoms with van der Waals surface area (Å²) in [4.78, 5) is 0. The minimum absolute atomic E-state index is 0.0701. The Hall–Kier alpha value is -1.69. The highest BCUT2D eigenvalue weighted by molar-refractivity contribution is 7.90. The predicted octanol–water partition coefficient (Wildman–Crippen LogP) is 2.63. The van der Waals surface area contributed by atoms with Gasteiger partial charge in [-0.1, -0.05) is 19.1 Å². The van der Waals surface area contributed by atoms with Crippen molar-refractivity contribution >= 4 is 9.84 Å². The molecule has 108 valence electrons. The lowest BCUT2D eigenvalue weighted by molar-refractivity contribution is 0.574. The number of rotatable bonds is 5. The van der Waals surface area contributed by atoms with E-state index in [1.54, 1.807) is 24.0 Å². The van der Waals surface area contributed by atoms with Crippen molar-refractivity contribution in [3.05, 3.63) is 53.6 Å². The van der Waals surface area contributed by atoms with Crippen molar-refractivity contribution in [2.45, 2.75) is 24.3 Å². The first-order chi connectivity index (χ1) is 9.44. The molecule has 0 N–H and O–H groups in total. The van der Waals surface area contributed by atoms with Crippen molar-refractivity contribution in [1.82, 2.24) is 9.78 Å². The van der Waals surface area contributed by atoms with Crippen molar-refractivity contribution in [2.24, 2.45) is 7.05 Å². The van der Waals surface area contributed by atoms with Crippen LogP contribution in [-0.2, 0) is 22.6 Å². The van der Waals surface area contributed by atoms with Crippen LogP contribution in [0.5, 0.6) is 0 Å². The molecule has 2 aromatic rings. The molecule has 0 aliphatic heterocycles. The topological polar surface area (TPSA) is 52.0 Å². The standard InChI is InChI=1S/C14H17FN2O2S/c1-3-14(11-4-6-12(15)7-5-11)20(18,19)10-13-8-9-16-17(13)2/h4-9,14H,3,10H2,1-2H3/t14-/m1/s1. The van der Waals surface area contributed by atoms with Crippen molar-refractivity contribution in [3.63, 3.8) is 0 Å². The van der Waals surface area contributed by atoms with Crippen LogP contribution in [-0.4, -0.2) is 18.2 Å². The Morgan fingerprint density at radius 3 is 2.40 bits per heavy atom. The van der Waals surface area contributed by atoms with Crippen LogP contribution in [0.15, 0.2) is 36.5 Å². The third kappa shape index (κ3) is 3.07. The number of hydrogen-bond acceptors (Lipinski definition) is 3. The van der Waals surface area contributed by atoms with Crippen molar-refractivity contribution in [3.8, 4) is 0 Å². The summed E-state index contributed by atoms with van der Waals surface area (Å²) in [6.07, 6.45) is 2.02. The van der Waals surface area contributed by atoms with Crippen LogP contribution in [0.2, 0.25) is 0 Å². The van der Waals surface area contributed by atoms with Crippen molar-refractivity contribution in [2.75, 3.05) is 0 Å². The third-order valence-electron chi connectivity index (χ3n) is 3.32. The van der Waals surface area contributed by atoms with Gasteiger partial charge >= 0.3 is 0 Å². The van der Waals surface area contributed by atoms with Crippen LogP contribution in [0.1, 0.15) is 29.9 Å². The predicted molar refractivity (Wildman–Crippen MR) is 75.3 cm³/mol. The van der Waals surface area contributed by atoms with Gasteiger partial charge in [-0.25, -0.2) is 12.8 Å². The summed E-state index contributed by atoms with van der Waals surface area (Å²) < 4.78 is 39.6. The first-order valence-corrected chi connectivity index (χ1v) is 8.09. The molecule has 0 amide bonds. The largest absolute Gasteiger partial charge is 0.272 e. The Kier molecular flexibility index (Phi) is 4.23. The number of benzene rings is 1. The molecule has 20 heavy (non-hydrogen) atoms. The highest BCUT2D eigenvalue weighted by Crippen LogP contribution is 2.28. The number of aromatic nitrogens is 2. The second-order valence-electron chi connectivity index (χ2n) is 4.70. The number of halogens is 1. The van der Waals surface area contributed by atoms with Gasteiger partial charge in [0.2, 0.25) is 0 Å². The van der Waals surface area contributed by atoms with Gasteiger partial charge in [0.05, 0.1) is 16.7 Å². The van der Waals surface area contributed by atoms with Gasteiger partial charge in [0.1, 0.15) is 5.82 Å². The van der Waals surface area contributed by atoms with Crippen LogP contribution in [0.25, 0.3) is 0 Å². The lowest BCUT2D eigenvalue weighted by atomic mass is 10.1. The second kappa shape index (κ2) is 5.75.